The van der Waals surface area contributed by atoms with Gasteiger partial charge in [-0.2, -0.15) is 0 Å². The lowest BCUT2D eigenvalue weighted by molar-refractivity contribution is -0.133. The van der Waals surface area contributed by atoms with Crippen molar-refractivity contribution in [3.05, 3.63) is 11.1 Å². The number of nitrogens with one attached hydrogen (secondary N) is 2. The third-order valence-corrected chi connectivity index (χ3v) is 3.33. The molecular weight excluding hydrogens is 278 g/mol. The van der Waals surface area contributed by atoms with Gasteiger partial charge in [-0.15, -0.1) is 0 Å². The van der Waals surface area contributed by atoms with Gasteiger partial charge in [-0.25, -0.2) is 9.59 Å². The fourth-order valence-electron chi connectivity index (χ4n) is 1.95. The summed E-state index contributed by atoms with van der Waals surface area (Å²) >= 11 is 0. The Morgan fingerprint density at radius 3 is 2.24 bits per heavy atom. The van der Waals surface area contributed by atoms with Gasteiger partial charge in [0.25, 0.3) is 5.91 Å². The number of rotatable bonds is 3. The maximum absolute atomic E-state index is 11.9. The van der Waals surface area contributed by atoms with Crippen LogP contribution in [0.1, 0.15) is 27.2 Å². The molecule has 1 unspecified atom stereocenters. The highest BCUT2D eigenvalue weighted by Crippen LogP contribution is 2.10. The first-order valence-electron chi connectivity index (χ1n) is 6.50. The second kappa shape index (κ2) is 6.87. The standard InChI is InChI=1S/C13H19N3O5/c1-7(8(2)12(19)20)11(18)15-13(21)16-5-4-10(6-16)14-9(3)17/h10H,4-6H2,1-3H3,(H,14,17)(H,19,20)(H,15,18,21). The normalized spacial score (nSPS) is 18.8. The van der Waals surface area contributed by atoms with E-state index in [1.807, 2.05) is 0 Å². The molecule has 0 radical (unpaired) electrons. The summed E-state index contributed by atoms with van der Waals surface area (Å²) < 4.78 is 0. The molecule has 0 saturated carbocycles. The summed E-state index contributed by atoms with van der Waals surface area (Å²) in [5.74, 6) is -2.11. The van der Waals surface area contributed by atoms with Gasteiger partial charge in [-0.3, -0.25) is 14.9 Å². The zero-order valence-corrected chi connectivity index (χ0v) is 12.2. The Hall–Kier alpha value is -2.38. The molecule has 1 fully saturated rings. The first-order chi connectivity index (χ1) is 9.72. The van der Waals surface area contributed by atoms with Gasteiger partial charge in [0.2, 0.25) is 5.91 Å². The summed E-state index contributed by atoms with van der Waals surface area (Å²) in [6, 6.07) is -0.717. The Kier molecular flexibility index (Phi) is 5.45. The van der Waals surface area contributed by atoms with Crippen molar-refractivity contribution in [2.45, 2.75) is 33.2 Å². The molecule has 0 spiro atoms. The predicted molar refractivity (Wildman–Crippen MR) is 73.3 cm³/mol. The highest BCUT2D eigenvalue weighted by molar-refractivity contribution is 6.07. The Morgan fingerprint density at radius 2 is 1.71 bits per heavy atom. The van der Waals surface area contributed by atoms with E-state index in [1.54, 1.807) is 0 Å². The van der Waals surface area contributed by atoms with E-state index in [9.17, 15) is 19.2 Å². The smallest absolute Gasteiger partial charge is 0.331 e. The van der Waals surface area contributed by atoms with Gasteiger partial charge in [0, 0.05) is 37.2 Å². The number of urea groups is 1. The van der Waals surface area contributed by atoms with Gasteiger partial charge in [0.05, 0.1) is 0 Å². The molecule has 4 amide bonds. The molecule has 0 aliphatic carbocycles. The number of carbonyl (C=O) groups is 4. The molecule has 1 atom stereocenters. The zero-order valence-electron chi connectivity index (χ0n) is 12.2. The molecule has 1 saturated heterocycles. The van der Waals surface area contributed by atoms with Crippen LogP contribution in [0.3, 0.4) is 0 Å². The summed E-state index contributed by atoms with van der Waals surface area (Å²) in [4.78, 5) is 46.8. The van der Waals surface area contributed by atoms with Crippen LogP contribution in [0, 0.1) is 0 Å². The Labute approximate surface area is 122 Å². The molecule has 0 aromatic heterocycles. The first kappa shape index (κ1) is 16.7. The van der Waals surface area contributed by atoms with Crippen LogP contribution in [0.15, 0.2) is 11.1 Å². The van der Waals surface area contributed by atoms with Crippen LogP contribution in [-0.4, -0.2) is 53.0 Å². The third kappa shape index (κ3) is 4.59. The van der Waals surface area contributed by atoms with Crippen LogP contribution < -0.4 is 10.6 Å². The lowest BCUT2D eigenvalue weighted by Gasteiger charge is -2.17. The van der Waals surface area contributed by atoms with Crippen molar-refractivity contribution in [3.63, 3.8) is 0 Å². The number of imide groups is 1. The molecule has 3 N–H and O–H groups in total. The van der Waals surface area contributed by atoms with Gasteiger partial charge in [-0.1, -0.05) is 0 Å². The minimum absolute atomic E-state index is 0.0199. The van der Waals surface area contributed by atoms with E-state index >= 15 is 0 Å². The number of nitrogens with zero attached hydrogens (tertiary/aromatic N) is 1. The second-order valence-corrected chi connectivity index (χ2v) is 4.95. The quantitative estimate of drug-likeness (QED) is 0.627. The molecule has 1 heterocycles. The summed E-state index contributed by atoms with van der Waals surface area (Å²) in [7, 11) is 0. The van der Waals surface area contributed by atoms with Crippen LogP contribution >= 0.6 is 0 Å². The number of aliphatic carboxylic acids is 1. The molecule has 116 valence electrons. The van der Waals surface area contributed by atoms with Crippen molar-refractivity contribution in [3.8, 4) is 0 Å². The van der Waals surface area contributed by atoms with E-state index in [0.717, 1.165) is 0 Å². The maximum Gasteiger partial charge on any atom is 0.331 e. The van der Waals surface area contributed by atoms with Crippen molar-refractivity contribution >= 4 is 23.8 Å². The lowest BCUT2D eigenvalue weighted by Crippen LogP contribution is -2.44. The van der Waals surface area contributed by atoms with Gasteiger partial charge in [0.15, 0.2) is 0 Å². The van der Waals surface area contributed by atoms with Gasteiger partial charge in [-0.05, 0) is 20.3 Å². The molecule has 1 aliphatic rings. The lowest BCUT2D eigenvalue weighted by atomic mass is 10.1. The van der Waals surface area contributed by atoms with Crippen molar-refractivity contribution in [1.82, 2.24) is 15.5 Å². The number of hydrogen-bond donors (Lipinski definition) is 3. The molecule has 21 heavy (non-hydrogen) atoms. The molecular formula is C13H19N3O5. The Bertz CT molecular complexity index is 512. The average Bonchev–Trinajstić information content (AvgIpc) is 2.84. The van der Waals surface area contributed by atoms with Crippen LogP contribution in [0.4, 0.5) is 4.79 Å². The molecule has 1 aliphatic heterocycles. The van der Waals surface area contributed by atoms with Crippen LogP contribution in [0.5, 0.6) is 0 Å². The van der Waals surface area contributed by atoms with E-state index in [0.29, 0.717) is 19.5 Å². The van der Waals surface area contributed by atoms with Crippen molar-refractivity contribution < 1.29 is 24.3 Å². The maximum atomic E-state index is 11.9. The van der Waals surface area contributed by atoms with Crippen molar-refractivity contribution in [2.75, 3.05) is 13.1 Å². The highest BCUT2D eigenvalue weighted by atomic mass is 16.4. The summed E-state index contributed by atoms with van der Waals surface area (Å²) in [5.41, 5.74) is -0.133. The SMILES string of the molecule is CC(=O)NC1CCN(C(=O)NC(=O)C(C)=C(C)C(=O)O)C1. The van der Waals surface area contributed by atoms with Gasteiger partial charge in [0.1, 0.15) is 0 Å². The number of carboxylic acid groups (broad SMARTS) is 1. The molecule has 1 rings (SSSR count). The van der Waals surface area contributed by atoms with Crippen molar-refractivity contribution in [1.29, 1.82) is 0 Å². The number of carboxylic acids is 1. The van der Waals surface area contributed by atoms with Gasteiger partial charge < -0.3 is 15.3 Å². The number of carbonyl (C=O) groups excluding carboxylic acids is 3. The average molecular weight is 297 g/mol. The number of likely N-dealkylation sites (tertiary alicyclic amines) is 1. The Balaban J connectivity index is 2.59. The zero-order chi connectivity index (χ0) is 16.2. The molecule has 0 aromatic carbocycles. The van der Waals surface area contributed by atoms with E-state index in [1.165, 1.54) is 25.7 Å². The van der Waals surface area contributed by atoms with Gasteiger partial charge >= 0.3 is 12.0 Å². The summed E-state index contributed by atoms with van der Waals surface area (Å²) in [5, 5.41) is 13.6. The largest absolute Gasteiger partial charge is 0.478 e. The highest BCUT2D eigenvalue weighted by Gasteiger charge is 2.28. The minimum atomic E-state index is -1.21. The molecule has 0 bridgehead atoms. The third-order valence-electron chi connectivity index (χ3n) is 3.33. The molecule has 8 nitrogen and oxygen atoms in total. The first-order valence-corrected chi connectivity index (χ1v) is 6.50. The molecule has 0 aromatic rings. The van der Waals surface area contributed by atoms with E-state index in [-0.39, 0.29) is 23.1 Å². The van der Waals surface area contributed by atoms with Crippen LogP contribution in [0.2, 0.25) is 0 Å². The molecule has 8 heteroatoms. The topological polar surface area (TPSA) is 116 Å². The predicted octanol–water partition coefficient (Wildman–Crippen LogP) is -0.146. The monoisotopic (exact) mass is 297 g/mol. The van der Waals surface area contributed by atoms with Crippen molar-refractivity contribution in [2.24, 2.45) is 0 Å². The fourth-order valence-corrected chi connectivity index (χ4v) is 1.95. The van der Waals surface area contributed by atoms with Crippen LogP contribution in [0.25, 0.3) is 0 Å². The second-order valence-electron chi connectivity index (χ2n) is 4.95. The summed E-state index contributed by atoms with van der Waals surface area (Å²) in [6.07, 6.45) is 0.615. The number of hydrogen-bond acceptors (Lipinski definition) is 4. The van der Waals surface area contributed by atoms with E-state index < -0.39 is 17.9 Å². The summed E-state index contributed by atoms with van der Waals surface area (Å²) in [6.45, 7) is 4.78. The minimum Gasteiger partial charge on any atom is -0.478 e. The van der Waals surface area contributed by atoms with Crippen LogP contribution in [-0.2, 0) is 14.4 Å². The van der Waals surface area contributed by atoms with E-state index in [2.05, 4.69) is 10.6 Å². The van der Waals surface area contributed by atoms with E-state index in [4.69, 9.17) is 5.11 Å². The fraction of sp³-hybridized carbons (Fsp3) is 0.538. The number of amides is 4. The Morgan fingerprint density at radius 1 is 1.10 bits per heavy atom.